The number of alkyl carbamates (subject to hydrolysis) is 1. The average Bonchev–Trinajstić information content (AvgIpc) is 3.84. The van der Waals surface area contributed by atoms with E-state index in [4.69, 9.17) is 11.2 Å². The lowest BCUT2D eigenvalue weighted by Crippen LogP contribution is -2.54. The predicted octanol–water partition coefficient (Wildman–Crippen LogP) is 6.33. The van der Waals surface area contributed by atoms with Crippen LogP contribution in [0.1, 0.15) is 56.3 Å². The topological polar surface area (TPSA) is 108 Å². The van der Waals surface area contributed by atoms with Crippen molar-refractivity contribution in [2.45, 2.75) is 63.8 Å². The number of fused-ring (bicyclic) bond motifs is 1. The summed E-state index contributed by atoms with van der Waals surface area (Å²) in [5.74, 6) is 1.89. The van der Waals surface area contributed by atoms with Gasteiger partial charge in [0.25, 0.3) is 5.91 Å². The van der Waals surface area contributed by atoms with Crippen molar-refractivity contribution in [3.05, 3.63) is 108 Å². The molecule has 4 aromatic carbocycles. The Labute approximate surface area is 263 Å². The minimum atomic E-state index is -1.08. The summed E-state index contributed by atoms with van der Waals surface area (Å²) in [5, 5.41) is 17.6. The highest BCUT2D eigenvalue weighted by atomic mass is 16.6. The van der Waals surface area contributed by atoms with Gasteiger partial charge in [-0.15, -0.1) is 6.42 Å². The quantitative estimate of drug-likeness (QED) is 0.194. The lowest BCUT2D eigenvalue weighted by atomic mass is 9.96. The molecule has 4 aromatic rings. The van der Waals surface area contributed by atoms with Gasteiger partial charge in [-0.05, 0) is 85.8 Å². The van der Waals surface area contributed by atoms with Crippen LogP contribution in [0.2, 0.25) is 0 Å². The van der Waals surface area contributed by atoms with E-state index in [1.54, 1.807) is 62.1 Å². The van der Waals surface area contributed by atoms with E-state index in [0.29, 0.717) is 35.2 Å². The standard InChI is InChI=1S/C37H37N3O5/c1-5-25-10-8-9-13-31(25)33(34(42)38-28-17-16-26-11-6-7-12-27(26)23-28)40(29-18-19-29)35(43)32(39-36(44)45-37(2,3)4)22-24-14-20-30(41)21-15-24/h1,6-17,20-21,23,29,32-33,41H,18-19,22H2,2-4H3,(H,38,42)(H,39,44). The largest absolute Gasteiger partial charge is 0.508 e. The Morgan fingerprint density at radius 3 is 2.29 bits per heavy atom. The number of carbonyl (C=O) groups is 3. The fraction of sp³-hybridized carbons (Fsp3) is 0.270. The molecule has 2 unspecified atom stereocenters. The number of ether oxygens (including phenoxy) is 1. The molecule has 0 spiro atoms. The normalized spacial score (nSPS) is 14.1. The Kier molecular flexibility index (Phi) is 9.10. The number of benzene rings is 4. The van der Waals surface area contributed by atoms with Crippen LogP contribution in [0.5, 0.6) is 5.75 Å². The van der Waals surface area contributed by atoms with E-state index in [9.17, 15) is 19.5 Å². The Morgan fingerprint density at radius 2 is 1.62 bits per heavy atom. The first-order valence-corrected chi connectivity index (χ1v) is 15.0. The molecule has 3 amide bonds. The molecule has 0 radical (unpaired) electrons. The molecule has 1 saturated carbocycles. The van der Waals surface area contributed by atoms with Crippen LogP contribution < -0.4 is 10.6 Å². The summed E-state index contributed by atoms with van der Waals surface area (Å²) in [4.78, 5) is 43.5. The molecule has 0 aromatic heterocycles. The maximum Gasteiger partial charge on any atom is 0.408 e. The van der Waals surface area contributed by atoms with Crippen LogP contribution in [-0.2, 0) is 20.7 Å². The van der Waals surface area contributed by atoms with Crippen LogP contribution in [0.4, 0.5) is 10.5 Å². The van der Waals surface area contributed by atoms with Crippen molar-refractivity contribution in [2.75, 3.05) is 5.32 Å². The van der Waals surface area contributed by atoms with Gasteiger partial charge in [0.15, 0.2) is 0 Å². The molecule has 1 aliphatic rings. The Balaban J connectivity index is 1.54. The zero-order valence-electron chi connectivity index (χ0n) is 25.6. The van der Waals surface area contributed by atoms with Gasteiger partial charge in [-0.3, -0.25) is 9.59 Å². The molecular formula is C37H37N3O5. The summed E-state index contributed by atoms with van der Waals surface area (Å²) in [6.45, 7) is 5.22. The van der Waals surface area contributed by atoms with Crippen LogP contribution in [0, 0.1) is 12.3 Å². The second-order valence-electron chi connectivity index (χ2n) is 12.2. The molecule has 1 aliphatic carbocycles. The van der Waals surface area contributed by atoms with Gasteiger partial charge in [-0.2, -0.15) is 0 Å². The van der Waals surface area contributed by atoms with Crippen molar-refractivity contribution in [3.8, 4) is 18.1 Å². The summed E-state index contributed by atoms with van der Waals surface area (Å²) in [6, 6.07) is 24.6. The van der Waals surface area contributed by atoms with Gasteiger partial charge in [0, 0.05) is 23.7 Å². The van der Waals surface area contributed by atoms with E-state index in [0.717, 1.165) is 10.8 Å². The third-order valence-corrected chi connectivity index (χ3v) is 7.51. The number of phenols is 1. The van der Waals surface area contributed by atoms with Gasteiger partial charge in [-0.25, -0.2) is 4.79 Å². The summed E-state index contributed by atoms with van der Waals surface area (Å²) in [7, 11) is 0. The molecule has 1 fully saturated rings. The molecule has 0 heterocycles. The Bertz CT molecular complexity index is 1750. The van der Waals surface area contributed by atoms with Gasteiger partial charge in [0.1, 0.15) is 23.4 Å². The predicted molar refractivity (Wildman–Crippen MR) is 175 cm³/mol. The van der Waals surface area contributed by atoms with Crippen molar-refractivity contribution in [1.82, 2.24) is 10.2 Å². The first-order valence-electron chi connectivity index (χ1n) is 15.0. The number of phenolic OH excluding ortho intramolecular Hbond substituents is 1. The molecule has 5 rings (SSSR count). The number of aromatic hydroxyl groups is 1. The number of terminal acetylenes is 1. The van der Waals surface area contributed by atoms with Crippen molar-refractivity contribution >= 4 is 34.4 Å². The number of hydrogen-bond acceptors (Lipinski definition) is 5. The summed E-state index contributed by atoms with van der Waals surface area (Å²) in [6.07, 6.45) is 6.64. The highest BCUT2D eigenvalue weighted by molar-refractivity contribution is 6.01. The third-order valence-electron chi connectivity index (χ3n) is 7.51. The van der Waals surface area contributed by atoms with Crippen LogP contribution in [0.15, 0.2) is 91.0 Å². The monoisotopic (exact) mass is 603 g/mol. The summed E-state index contributed by atoms with van der Waals surface area (Å²) >= 11 is 0. The van der Waals surface area contributed by atoms with Gasteiger partial charge < -0.3 is 25.4 Å². The molecule has 230 valence electrons. The summed E-state index contributed by atoms with van der Waals surface area (Å²) in [5.41, 5.74) is 1.50. The lowest BCUT2D eigenvalue weighted by molar-refractivity contribution is -0.141. The molecule has 2 atom stereocenters. The lowest BCUT2D eigenvalue weighted by Gasteiger charge is -2.35. The maximum absolute atomic E-state index is 14.6. The Hall–Kier alpha value is -5.29. The highest BCUT2D eigenvalue weighted by Gasteiger charge is 2.44. The van der Waals surface area contributed by atoms with Gasteiger partial charge >= 0.3 is 6.09 Å². The zero-order valence-corrected chi connectivity index (χ0v) is 25.6. The van der Waals surface area contributed by atoms with E-state index in [-0.39, 0.29) is 18.2 Å². The van der Waals surface area contributed by atoms with E-state index in [1.807, 2.05) is 42.5 Å². The molecule has 45 heavy (non-hydrogen) atoms. The highest BCUT2D eigenvalue weighted by Crippen LogP contribution is 2.37. The maximum atomic E-state index is 14.6. The first kappa shape index (κ1) is 31.1. The SMILES string of the molecule is C#Cc1ccccc1C(C(=O)Nc1ccc2ccccc2c1)N(C(=O)C(Cc1ccc(O)cc1)NC(=O)OC(C)(C)C)C1CC1. The van der Waals surface area contributed by atoms with Crippen molar-refractivity contribution in [1.29, 1.82) is 0 Å². The number of anilines is 1. The number of hydrogen-bond donors (Lipinski definition) is 3. The number of amides is 3. The third kappa shape index (κ3) is 7.81. The van der Waals surface area contributed by atoms with E-state index in [2.05, 4.69) is 16.6 Å². The van der Waals surface area contributed by atoms with Crippen LogP contribution in [0.25, 0.3) is 10.8 Å². The van der Waals surface area contributed by atoms with Crippen molar-refractivity contribution in [2.24, 2.45) is 0 Å². The number of rotatable bonds is 9. The second-order valence-corrected chi connectivity index (χ2v) is 12.2. The fourth-order valence-electron chi connectivity index (χ4n) is 5.33. The molecule has 8 heteroatoms. The minimum absolute atomic E-state index is 0.0812. The molecule has 8 nitrogen and oxygen atoms in total. The van der Waals surface area contributed by atoms with Crippen molar-refractivity contribution in [3.63, 3.8) is 0 Å². The molecule has 0 saturated heterocycles. The van der Waals surface area contributed by atoms with E-state index < -0.39 is 35.6 Å². The van der Waals surface area contributed by atoms with Crippen LogP contribution in [-0.4, -0.2) is 45.6 Å². The fourth-order valence-corrected chi connectivity index (χ4v) is 5.33. The van der Waals surface area contributed by atoms with Gasteiger partial charge in [0.2, 0.25) is 5.91 Å². The van der Waals surface area contributed by atoms with Gasteiger partial charge in [-0.1, -0.05) is 66.6 Å². The second kappa shape index (κ2) is 13.1. The number of nitrogens with zero attached hydrogens (tertiary/aromatic N) is 1. The molecule has 0 bridgehead atoms. The van der Waals surface area contributed by atoms with E-state index >= 15 is 0 Å². The molecule has 3 N–H and O–H groups in total. The summed E-state index contributed by atoms with van der Waals surface area (Å²) < 4.78 is 5.51. The average molecular weight is 604 g/mol. The zero-order chi connectivity index (χ0) is 32.1. The molecule has 0 aliphatic heterocycles. The van der Waals surface area contributed by atoms with Gasteiger partial charge in [0.05, 0.1) is 0 Å². The minimum Gasteiger partial charge on any atom is -0.508 e. The van der Waals surface area contributed by atoms with Crippen LogP contribution in [0.3, 0.4) is 0 Å². The number of carbonyl (C=O) groups excluding carboxylic acids is 3. The van der Waals surface area contributed by atoms with E-state index in [1.165, 1.54) is 12.1 Å². The molecular weight excluding hydrogens is 566 g/mol. The van der Waals surface area contributed by atoms with Crippen LogP contribution >= 0.6 is 0 Å². The first-order chi connectivity index (χ1) is 21.5. The Morgan fingerprint density at radius 1 is 0.956 bits per heavy atom. The smallest absolute Gasteiger partial charge is 0.408 e. The number of nitrogens with one attached hydrogen (secondary N) is 2. The van der Waals surface area contributed by atoms with Crippen molar-refractivity contribution < 1.29 is 24.2 Å².